The molecule has 3 aromatic rings. The number of esters is 1. The molecule has 31 heavy (non-hydrogen) atoms. The van der Waals surface area contributed by atoms with Crippen molar-refractivity contribution < 1.29 is 18.7 Å². The molecule has 0 unspecified atom stereocenters. The number of benzene rings is 1. The number of rotatable bonds is 8. The number of hydrogen-bond donors (Lipinski definition) is 1. The van der Waals surface area contributed by atoms with Crippen LogP contribution in [0.1, 0.15) is 59.8 Å². The predicted octanol–water partition coefficient (Wildman–Crippen LogP) is 4.53. The van der Waals surface area contributed by atoms with Crippen LogP contribution in [0, 0.1) is 5.92 Å². The molecule has 1 aromatic carbocycles. The van der Waals surface area contributed by atoms with Crippen LogP contribution in [-0.4, -0.2) is 34.0 Å². The van der Waals surface area contributed by atoms with E-state index in [1.807, 2.05) is 17.5 Å². The van der Waals surface area contributed by atoms with Crippen LogP contribution in [0.5, 0.6) is 0 Å². The smallest absolute Gasteiger partial charge is 0.322 e. The summed E-state index contributed by atoms with van der Waals surface area (Å²) in [5, 5.41) is 13.0. The maximum atomic E-state index is 12.5. The Bertz CT molecular complexity index is 1010. The van der Waals surface area contributed by atoms with E-state index in [1.165, 1.54) is 24.0 Å². The predicted molar refractivity (Wildman–Crippen MR) is 116 cm³/mol. The van der Waals surface area contributed by atoms with E-state index in [4.69, 9.17) is 9.15 Å². The number of nitrogens with zero attached hydrogens (tertiary/aromatic N) is 3. The van der Waals surface area contributed by atoms with Gasteiger partial charge in [-0.15, -0.1) is 16.4 Å². The van der Waals surface area contributed by atoms with Gasteiger partial charge in [0.05, 0.1) is 7.11 Å². The lowest BCUT2D eigenvalue weighted by Gasteiger charge is -2.28. The monoisotopic (exact) mass is 440 g/mol. The van der Waals surface area contributed by atoms with Gasteiger partial charge in [-0.05, 0) is 48.6 Å². The molecule has 1 N–H and O–H groups in total. The minimum Gasteiger partial charge on any atom is -0.469 e. The summed E-state index contributed by atoms with van der Waals surface area (Å²) in [7, 11) is 1.44. The van der Waals surface area contributed by atoms with Gasteiger partial charge in [-0.3, -0.25) is 14.9 Å². The minimum absolute atomic E-state index is 0.0212. The molecular formula is C22H24N4O4S. The maximum absolute atomic E-state index is 12.5. The van der Waals surface area contributed by atoms with Gasteiger partial charge >= 0.3 is 12.0 Å². The normalized spacial score (nSPS) is 18.5. The molecule has 162 valence electrons. The minimum atomic E-state index is -0.226. The Kier molecular flexibility index (Phi) is 6.71. The van der Waals surface area contributed by atoms with E-state index in [0.29, 0.717) is 23.4 Å². The highest BCUT2D eigenvalue weighted by atomic mass is 32.1. The first kappa shape index (κ1) is 21.2. The Labute approximate surface area is 184 Å². The molecule has 1 saturated carbocycles. The van der Waals surface area contributed by atoms with E-state index in [-0.39, 0.29) is 30.1 Å². The van der Waals surface area contributed by atoms with Crippen LogP contribution in [-0.2, 0) is 16.0 Å². The van der Waals surface area contributed by atoms with E-state index in [1.54, 1.807) is 6.20 Å². The van der Waals surface area contributed by atoms with E-state index in [0.717, 1.165) is 31.2 Å². The van der Waals surface area contributed by atoms with Crippen LogP contribution in [0.4, 0.5) is 11.1 Å². The van der Waals surface area contributed by atoms with Gasteiger partial charge in [0, 0.05) is 24.4 Å². The van der Waals surface area contributed by atoms with Gasteiger partial charge in [-0.25, -0.2) is 4.98 Å². The quantitative estimate of drug-likeness (QED) is 0.402. The average molecular weight is 441 g/mol. The Hall–Kier alpha value is -3.07. The third-order valence-corrected chi connectivity index (χ3v) is 6.34. The first-order valence-corrected chi connectivity index (χ1v) is 11.2. The molecule has 1 aliphatic carbocycles. The first-order chi connectivity index (χ1) is 15.1. The van der Waals surface area contributed by atoms with Gasteiger partial charge in [0.25, 0.3) is 5.89 Å². The molecule has 2 heterocycles. The van der Waals surface area contributed by atoms with Crippen molar-refractivity contribution >= 4 is 34.2 Å². The molecule has 0 atom stereocenters. The van der Waals surface area contributed by atoms with E-state index >= 15 is 0 Å². The largest absolute Gasteiger partial charge is 0.469 e. The van der Waals surface area contributed by atoms with E-state index < -0.39 is 0 Å². The molecule has 0 radical (unpaired) electrons. The Morgan fingerprint density at radius 1 is 1.16 bits per heavy atom. The highest BCUT2D eigenvalue weighted by Gasteiger charge is 2.24. The highest BCUT2D eigenvalue weighted by molar-refractivity contribution is 7.13. The first-order valence-electron chi connectivity index (χ1n) is 10.3. The number of methoxy groups -OCH3 is 1. The lowest BCUT2D eigenvalue weighted by atomic mass is 9.77. The number of carbonyl (C=O) groups excluding carboxylic acids is 2. The number of hydrogen-bond acceptors (Lipinski definition) is 9. The summed E-state index contributed by atoms with van der Waals surface area (Å²) in [4.78, 5) is 28.0. The topological polar surface area (TPSA) is 107 Å². The second-order valence-electron chi connectivity index (χ2n) is 7.71. The standard InChI is InChI=1S/C22H24N4O4S/c1-29-19(28)13-15-4-8-17(9-5-15)16-6-2-14(3-7-16)12-18(27)20-25-26-21(30-20)24-22-23-10-11-31-22/h2-3,6-7,10-11,15,17H,4-5,8-9,12-13H2,1H3,(H,23,24,26). The zero-order valence-electron chi connectivity index (χ0n) is 17.2. The summed E-state index contributed by atoms with van der Waals surface area (Å²) in [5.41, 5.74) is 2.18. The number of carbonyl (C=O) groups is 2. The van der Waals surface area contributed by atoms with Gasteiger partial charge in [-0.1, -0.05) is 29.4 Å². The molecule has 2 aromatic heterocycles. The Balaban J connectivity index is 1.29. The molecule has 0 bridgehead atoms. The van der Waals surface area contributed by atoms with Crippen LogP contribution in [0.2, 0.25) is 0 Å². The van der Waals surface area contributed by atoms with Crippen molar-refractivity contribution in [2.75, 3.05) is 12.4 Å². The van der Waals surface area contributed by atoms with E-state index in [2.05, 4.69) is 32.6 Å². The van der Waals surface area contributed by atoms with E-state index in [9.17, 15) is 9.59 Å². The maximum Gasteiger partial charge on any atom is 0.322 e. The van der Waals surface area contributed by atoms with Crippen molar-refractivity contribution in [3.63, 3.8) is 0 Å². The third-order valence-electron chi connectivity index (χ3n) is 5.66. The van der Waals surface area contributed by atoms with Gasteiger partial charge in [0.2, 0.25) is 5.78 Å². The molecule has 0 spiro atoms. The SMILES string of the molecule is COC(=O)CC1CCC(c2ccc(CC(=O)c3nnc(Nc4nccs4)o3)cc2)CC1. The zero-order chi connectivity index (χ0) is 21.6. The number of nitrogens with one attached hydrogen (secondary N) is 1. The second-order valence-corrected chi connectivity index (χ2v) is 8.61. The Morgan fingerprint density at radius 2 is 1.94 bits per heavy atom. The molecule has 1 fully saturated rings. The Morgan fingerprint density at radius 3 is 2.61 bits per heavy atom. The summed E-state index contributed by atoms with van der Waals surface area (Å²) in [6, 6.07) is 8.31. The van der Waals surface area contributed by atoms with Crippen molar-refractivity contribution in [3.05, 3.63) is 52.9 Å². The lowest BCUT2D eigenvalue weighted by Crippen LogP contribution is -2.17. The van der Waals surface area contributed by atoms with Gasteiger partial charge < -0.3 is 9.15 Å². The second kappa shape index (κ2) is 9.82. The highest BCUT2D eigenvalue weighted by Crippen LogP contribution is 2.37. The van der Waals surface area contributed by atoms with Crippen LogP contribution in [0.3, 0.4) is 0 Å². The number of ketones is 1. The molecule has 1 aliphatic rings. The molecule has 4 rings (SSSR count). The molecule has 0 amide bonds. The fourth-order valence-corrected chi connectivity index (χ4v) is 4.47. The van der Waals surface area contributed by atoms with Gasteiger partial charge in [0.1, 0.15) is 0 Å². The number of Topliss-reactive ketones (excluding diaryl/α,β-unsaturated/α-hetero) is 1. The molecule has 9 heteroatoms. The van der Waals surface area contributed by atoms with Crippen molar-refractivity contribution in [3.8, 4) is 0 Å². The van der Waals surface area contributed by atoms with Crippen molar-refractivity contribution in [2.24, 2.45) is 5.92 Å². The number of thiazole rings is 1. The summed E-state index contributed by atoms with van der Waals surface area (Å²) >= 11 is 1.40. The van der Waals surface area contributed by atoms with Crippen LogP contribution in [0.15, 0.2) is 40.3 Å². The van der Waals surface area contributed by atoms with Crippen molar-refractivity contribution in [1.82, 2.24) is 15.2 Å². The number of aromatic nitrogens is 3. The molecule has 8 nitrogen and oxygen atoms in total. The molecule has 0 saturated heterocycles. The zero-order valence-corrected chi connectivity index (χ0v) is 18.1. The van der Waals surface area contributed by atoms with Crippen LogP contribution >= 0.6 is 11.3 Å². The lowest BCUT2D eigenvalue weighted by molar-refractivity contribution is -0.142. The third kappa shape index (κ3) is 5.55. The van der Waals surface area contributed by atoms with Crippen molar-refractivity contribution in [2.45, 2.75) is 44.4 Å². The summed E-state index contributed by atoms with van der Waals surface area (Å²) < 4.78 is 10.2. The van der Waals surface area contributed by atoms with Gasteiger partial charge in [0.15, 0.2) is 5.13 Å². The van der Waals surface area contributed by atoms with Crippen molar-refractivity contribution in [1.29, 1.82) is 0 Å². The van der Waals surface area contributed by atoms with Crippen LogP contribution < -0.4 is 5.32 Å². The molecular weight excluding hydrogens is 416 g/mol. The summed E-state index contributed by atoms with van der Waals surface area (Å²) in [6.45, 7) is 0. The summed E-state index contributed by atoms with van der Waals surface area (Å²) in [5.74, 6) is 0.548. The number of ether oxygens (including phenoxy) is 1. The average Bonchev–Trinajstić information content (AvgIpc) is 3.47. The summed E-state index contributed by atoms with van der Waals surface area (Å²) in [6.07, 6.45) is 6.58. The molecule has 0 aliphatic heterocycles. The fraction of sp³-hybridized carbons (Fsp3) is 0.409. The number of anilines is 2. The van der Waals surface area contributed by atoms with Crippen LogP contribution in [0.25, 0.3) is 0 Å². The fourth-order valence-electron chi connectivity index (χ4n) is 3.95. The van der Waals surface area contributed by atoms with Gasteiger partial charge in [-0.2, -0.15) is 0 Å².